The quantitative estimate of drug-likeness (QED) is 0.232. The number of nitro groups is 1. The Labute approximate surface area is 182 Å². The summed E-state index contributed by atoms with van der Waals surface area (Å²) >= 11 is 0. The molecule has 1 heterocycles. The highest BCUT2D eigenvalue weighted by Crippen LogP contribution is 2.18. The summed E-state index contributed by atoms with van der Waals surface area (Å²) in [6, 6.07) is 15.2. The van der Waals surface area contributed by atoms with Gasteiger partial charge in [-0.2, -0.15) is 0 Å². The molecule has 0 unspecified atom stereocenters. The van der Waals surface area contributed by atoms with Crippen LogP contribution in [0.15, 0.2) is 53.5 Å². The standard InChI is InChI=1S/C20H25N5O2.HI/c1-16-5-3-7-18(13-16)23-9-11-24(12-10-23)20(21-2)22-15-17-6-4-8-19(14-17)25(26)27;/h3-8,13-14H,9-12,15H2,1-2H3,(H,21,22);1H. The number of nitrogens with zero attached hydrogens (tertiary/aromatic N) is 4. The summed E-state index contributed by atoms with van der Waals surface area (Å²) in [4.78, 5) is 19.5. The van der Waals surface area contributed by atoms with Crippen molar-refractivity contribution < 1.29 is 4.92 Å². The van der Waals surface area contributed by atoms with Crippen molar-refractivity contribution in [2.75, 3.05) is 38.1 Å². The van der Waals surface area contributed by atoms with Crippen LogP contribution < -0.4 is 10.2 Å². The number of halogens is 1. The third-order valence-corrected chi connectivity index (χ3v) is 4.73. The molecule has 1 aliphatic rings. The van der Waals surface area contributed by atoms with E-state index in [1.165, 1.54) is 17.3 Å². The van der Waals surface area contributed by atoms with Crippen LogP contribution >= 0.6 is 24.0 Å². The number of rotatable bonds is 4. The number of nitrogens with one attached hydrogen (secondary N) is 1. The summed E-state index contributed by atoms with van der Waals surface area (Å²) in [7, 11) is 1.77. The second-order valence-electron chi connectivity index (χ2n) is 6.64. The van der Waals surface area contributed by atoms with Gasteiger partial charge in [0.25, 0.3) is 5.69 Å². The maximum absolute atomic E-state index is 10.9. The van der Waals surface area contributed by atoms with Gasteiger partial charge in [0.05, 0.1) is 4.92 Å². The summed E-state index contributed by atoms with van der Waals surface area (Å²) in [5.74, 6) is 0.824. The topological polar surface area (TPSA) is 74.0 Å². The smallest absolute Gasteiger partial charge is 0.269 e. The molecule has 1 N–H and O–H groups in total. The summed E-state index contributed by atoms with van der Waals surface area (Å²) in [5.41, 5.74) is 3.50. The van der Waals surface area contributed by atoms with Crippen molar-refractivity contribution in [3.05, 3.63) is 69.8 Å². The van der Waals surface area contributed by atoms with Crippen molar-refractivity contribution in [1.82, 2.24) is 10.2 Å². The van der Waals surface area contributed by atoms with Crippen LogP contribution in [0.2, 0.25) is 0 Å². The fourth-order valence-corrected chi connectivity index (χ4v) is 3.29. The number of benzene rings is 2. The lowest BCUT2D eigenvalue weighted by Gasteiger charge is -2.37. The molecular formula is C20H26IN5O2. The Morgan fingerprint density at radius 1 is 1.14 bits per heavy atom. The highest BCUT2D eigenvalue weighted by atomic mass is 127. The van der Waals surface area contributed by atoms with Gasteiger partial charge in [0.15, 0.2) is 5.96 Å². The number of hydrogen-bond donors (Lipinski definition) is 1. The molecule has 0 amide bonds. The van der Waals surface area contributed by atoms with Crippen LogP contribution in [0.5, 0.6) is 0 Å². The molecule has 0 aliphatic carbocycles. The lowest BCUT2D eigenvalue weighted by atomic mass is 10.2. The Hall–Kier alpha value is -2.36. The molecule has 0 spiro atoms. The van der Waals surface area contributed by atoms with E-state index in [1.54, 1.807) is 19.2 Å². The van der Waals surface area contributed by atoms with Gasteiger partial charge in [-0.25, -0.2) is 0 Å². The number of hydrogen-bond acceptors (Lipinski definition) is 4. The van der Waals surface area contributed by atoms with E-state index in [9.17, 15) is 10.1 Å². The number of nitro benzene ring substituents is 1. The van der Waals surface area contributed by atoms with Crippen LogP contribution in [-0.2, 0) is 6.54 Å². The molecule has 0 bridgehead atoms. The molecule has 0 radical (unpaired) electrons. The highest BCUT2D eigenvalue weighted by molar-refractivity contribution is 14.0. The number of piperazine rings is 1. The molecule has 1 saturated heterocycles. The second-order valence-corrected chi connectivity index (χ2v) is 6.64. The Kier molecular flexibility index (Phi) is 8.04. The van der Waals surface area contributed by atoms with E-state index < -0.39 is 0 Å². The first kappa shape index (κ1) is 21.9. The normalized spacial score (nSPS) is 14.4. The number of non-ortho nitro benzene ring substituents is 1. The molecule has 0 atom stereocenters. The minimum Gasteiger partial charge on any atom is -0.368 e. The van der Waals surface area contributed by atoms with Crippen LogP contribution in [0.4, 0.5) is 11.4 Å². The second kappa shape index (κ2) is 10.3. The van der Waals surface area contributed by atoms with Crippen LogP contribution in [0.3, 0.4) is 0 Å². The Bertz CT molecular complexity index is 835. The van der Waals surface area contributed by atoms with Gasteiger partial charge < -0.3 is 15.1 Å². The predicted octanol–water partition coefficient (Wildman–Crippen LogP) is 3.42. The first-order valence-corrected chi connectivity index (χ1v) is 9.07. The number of aliphatic imine (C=N–C) groups is 1. The SMILES string of the molecule is CN=C(NCc1cccc([N+](=O)[O-])c1)N1CCN(c2cccc(C)c2)CC1.I. The van der Waals surface area contributed by atoms with Gasteiger partial charge in [-0.1, -0.05) is 24.3 Å². The molecule has 8 heteroatoms. The minimum atomic E-state index is -0.372. The molecule has 2 aromatic carbocycles. The number of guanidine groups is 1. The number of anilines is 1. The fraction of sp³-hybridized carbons (Fsp3) is 0.350. The van der Waals surface area contributed by atoms with E-state index in [4.69, 9.17) is 0 Å². The average Bonchev–Trinajstić information content (AvgIpc) is 2.69. The molecule has 1 fully saturated rings. The third kappa shape index (κ3) is 5.57. The van der Waals surface area contributed by atoms with E-state index >= 15 is 0 Å². The third-order valence-electron chi connectivity index (χ3n) is 4.73. The molecule has 7 nitrogen and oxygen atoms in total. The molecule has 150 valence electrons. The molecule has 0 saturated carbocycles. The van der Waals surface area contributed by atoms with Gasteiger partial charge in [-0.05, 0) is 30.2 Å². The molecule has 3 rings (SSSR count). The molecule has 28 heavy (non-hydrogen) atoms. The zero-order valence-corrected chi connectivity index (χ0v) is 18.5. The Morgan fingerprint density at radius 3 is 2.50 bits per heavy atom. The van der Waals surface area contributed by atoms with Crippen molar-refractivity contribution in [2.45, 2.75) is 13.5 Å². The Morgan fingerprint density at radius 2 is 1.86 bits per heavy atom. The number of aryl methyl sites for hydroxylation is 1. The summed E-state index contributed by atoms with van der Waals surface area (Å²) in [5, 5.41) is 14.2. The van der Waals surface area contributed by atoms with Gasteiger partial charge in [0.1, 0.15) is 0 Å². The molecule has 1 aliphatic heterocycles. The zero-order valence-electron chi connectivity index (χ0n) is 16.2. The maximum atomic E-state index is 10.9. The van der Waals surface area contributed by atoms with Gasteiger partial charge in [0, 0.05) is 57.6 Å². The maximum Gasteiger partial charge on any atom is 0.269 e. The highest BCUT2D eigenvalue weighted by Gasteiger charge is 2.20. The summed E-state index contributed by atoms with van der Waals surface area (Å²) < 4.78 is 0. The zero-order chi connectivity index (χ0) is 19.2. The van der Waals surface area contributed by atoms with Crippen molar-refractivity contribution in [3.63, 3.8) is 0 Å². The first-order chi connectivity index (χ1) is 13.1. The van der Waals surface area contributed by atoms with Crippen LogP contribution in [-0.4, -0.2) is 49.0 Å². The van der Waals surface area contributed by atoms with Gasteiger partial charge in [-0.3, -0.25) is 15.1 Å². The largest absolute Gasteiger partial charge is 0.368 e. The predicted molar refractivity (Wildman–Crippen MR) is 124 cm³/mol. The monoisotopic (exact) mass is 495 g/mol. The van der Waals surface area contributed by atoms with Gasteiger partial charge >= 0.3 is 0 Å². The van der Waals surface area contributed by atoms with Gasteiger partial charge in [-0.15, -0.1) is 24.0 Å². The fourth-order valence-electron chi connectivity index (χ4n) is 3.29. The minimum absolute atomic E-state index is 0. The van der Waals surface area contributed by atoms with Crippen LogP contribution in [0.25, 0.3) is 0 Å². The molecular weight excluding hydrogens is 469 g/mol. The molecule has 0 aromatic heterocycles. The van der Waals surface area contributed by atoms with Crippen LogP contribution in [0.1, 0.15) is 11.1 Å². The average molecular weight is 495 g/mol. The first-order valence-electron chi connectivity index (χ1n) is 9.07. The van der Waals surface area contributed by atoms with Crippen molar-refractivity contribution in [1.29, 1.82) is 0 Å². The van der Waals surface area contributed by atoms with Crippen molar-refractivity contribution in [2.24, 2.45) is 4.99 Å². The van der Waals surface area contributed by atoms with E-state index in [-0.39, 0.29) is 34.6 Å². The Balaban J connectivity index is 0.00000280. The van der Waals surface area contributed by atoms with E-state index in [2.05, 4.69) is 51.3 Å². The lowest BCUT2D eigenvalue weighted by molar-refractivity contribution is -0.384. The summed E-state index contributed by atoms with van der Waals surface area (Å²) in [6.07, 6.45) is 0. The summed E-state index contributed by atoms with van der Waals surface area (Å²) in [6.45, 7) is 6.24. The van der Waals surface area contributed by atoms with Crippen molar-refractivity contribution >= 4 is 41.3 Å². The molecule has 2 aromatic rings. The van der Waals surface area contributed by atoms with E-state index in [1.807, 2.05) is 6.07 Å². The van der Waals surface area contributed by atoms with Crippen molar-refractivity contribution in [3.8, 4) is 0 Å². The van der Waals surface area contributed by atoms with E-state index in [0.29, 0.717) is 6.54 Å². The van der Waals surface area contributed by atoms with E-state index in [0.717, 1.165) is 37.7 Å². The lowest BCUT2D eigenvalue weighted by Crippen LogP contribution is -2.52. The van der Waals surface area contributed by atoms with Gasteiger partial charge in [0.2, 0.25) is 0 Å². The van der Waals surface area contributed by atoms with Crippen LogP contribution in [0, 0.1) is 17.0 Å².